The van der Waals surface area contributed by atoms with Crippen molar-refractivity contribution < 1.29 is 32.0 Å². The number of ketones is 1. The number of aromatic nitrogens is 2. The molecule has 1 fully saturated rings. The highest BCUT2D eigenvalue weighted by Gasteiger charge is 2.35. The molecule has 0 unspecified atom stereocenters. The number of nitrogens with zero attached hydrogens (tertiary/aromatic N) is 2. The van der Waals surface area contributed by atoms with Crippen molar-refractivity contribution in [3.05, 3.63) is 69.3 Å². The molecule has 11 nitrogen and oxygen atoms in total. The smallest absolute Gasteiger partial charge is 0.333 e. The van der Waals surface area contributed by atoms with E-state index in [9.17, 15) is 18.3 Å². The molecule has 4 N–H and O–H groups in total. The monoisotopic (exact) mass is 546 g/mol. The molecule has 0 spiro atoms. The topological polar surface area (TPSA) is 163 Å². The van der Waals surface area contributed by atoms with Gasteiger partial charge in [0.05, 0.1) is 23.2 Å². The first-order valence-corrected chi connectivity index (χ1v) is 13.9. The van der Waals surface area contributed by atoms with Crippen LogP contribution in [0.4, 0.5) is 5.82 Å². The Morgan fingerprint density at radius 1 is 1.30 bits per heavy atom. The molecular formula is C24H26N4O7S2. The molecule has 0 radical (unpaired) electrons. The molecule has 2 aromatic heterocycles. The first-order valence-electron chi connectivity index (χ1n) is 11.6. The number of aliphatic hydroxyl groups excluding tert-OH is 1. The fraction of sp³-hybridized carbons (Fsp3) is 0.375. The number of carbonyl (C=O) groups excluding carboxylic acids is 1. The van der Waals surface area contributed by atoms with E-state index in [1.54, 1.807) is 0 Å². The van der Waals surface area contributed by atoms with Gasteiger partial charge in [-0.2, -0.15) is 8.42 Å². The summed E-state index contributed by atoms with van der Waals surface area (Å²) in [5.74, 6) is 0.425. The number of aryl methyl sites for hydroxylation is 1. The van der Waals surface area contributed by atoms with Crippen molar-refractivity contribution in [1.29, 1.82) is 0 Å². The molecule has 196 valence electrons. The third kappa shape index (κ3) is 5.66. The predicted octanol–water partition coefficient (Wildman–Crippen LogP) is 2.30. The van der Waals surface area contributed by atoms with E-state index in [4.69, 9.17) is 14.6 Å². The lowest BCUT2D eigenvalue weighted by molar-refractivity contribution is -0.0419. The van der Waals surface area contributed by atoms with Crippen molar-refractivity contribution >= 4 is 33.2 Å². The van der Waals surface area contributed by atoms with Gasteiger partial charge in [-0.05, 0) is 37.5 Å². The van der Waals surface area contributed by atoms with Crippen LogP contribution < -0.4 is 15.2 Å². The highest BCUT2D eigenvalue weighted by molar-refractivity contribution is 7.84. The number of aliphatic hydroxyl groups is 1. The number of hydrogen-bond acceptors (Lipinski definition) is 11. The van der Waals surface area contributed by atoms with Crippen molar-refractivity contribution in [2.24, 2.45) is 11.1 Å². The fourth-order valence-electron chi connectivity index (χ4n) is 4.73. The van der Waals surface area contributed by atoms with Crippen molar-refractivity contribution in [1.82, 2.24) is 9.97 Å². The average molecular weight is 547 g/mol. The van der Waals surface area contributed by atoms with Gasteiger partial charge in [0, 0.05) is 28.6 Å². The van der Waals surface area contributed by atoms with E-state index in [-0.39, 0.29) is 31.3 Å². The van der Waals surface area contributed by atoms with E-state index in [2.05, 4.69) is 19.5 Å². The van der Waals surface area contributed by atoms with Gasteiger partial charge in [-0.25, -0.2) is 15.1 Å². The number of fused-ring (bicyclic) bond motifs is 1. The number of ether oxygens (including phenoxy) is 2. The van der Waals surface area contributed by atoms with E-state index in [0.29, 0.717) is 29.1 Å². The summed E-state index contributed by atoms with van der Waals surface area (Å²) in [5, 5.41) is 18.4. The summed E-state index contributed by atoms with van der Waals surface area (Å²) in [4.78, 5) is 23.3. The van der Waals surface area contributed by atoms with Gasteiger partial charge in [0.1, 0.15) is 24.0 Å². The standard InChI is InChI=1S/C24H26N4O7S2/c1-13-17(23-16-4-2-3-5-20(16)33-12-34-23)8-21(36-13)22(30)18-9-26-11-27-24(18)28-15-6-14(19(29)7-15)10-35-37(25,31)32/h2-5,8-9,11,14-15,19,23,29H,6-7,10,12H2,1H3,(H2,25,31,32)(H,26,27,28)/t14-,15-,19+,23+/m1/s1. The van der Waals surface area contributed by atoms with Crippen LogP contribution in [0.3, 0.4) is 0 Å². The molecule has 4 atom stereocenters. The lowest BCUT2D eigenvalue weighted by Crippen LogP contribution is -2.24. The third-order valence-electron chi connectivity index (χ3n) is 6.51. The first kappa shape index (κ1) is 25.7. The Labute approximate surface area is 217 Å². The van der Waals surface area contributed by atoms with E-state index < -0.39 is 22.3 Å². The number of nitrogens with one attached hydrogen (secondary N) is 1. The van der Waals surface area contributed by atoms with Crippen LogP contribution in [0.5, 0.6) is 5.75 Å². The van der Waals surface area contributed by atoms with Crippen LogP contribution in [-0.4, -0.2) is 54.8 Å². The largest absolute Gasteiger partial charge is 0.467 e. The van der Waals surface area contributed by atoms with Crippen LogP contribution in [-0.2, 0) is 19.2 Å². The highest BCUT2D eigenvalue weighted by Crippen LogP contribution is 2.40. The first-order chi connectivity index (χ1) is 17.7. The molecule has 1 aromatic carbocycles. The minimum Gasteiger partial charge on any atom is -0.467 e. The van der Waals surface area contributed by atoms with E-state index in [0.717, 1.165) is 21.8 Å². The van der Waals surface area contributed by atoms with Crippen LogP contribution in [0.15, 0.2) is 42.9 Å². The minimum absolute atomic E-state index is 0.122. The molecule has 0 amide bonds. The van der Waals surface area contributed by atoms with Gasteiger partial charge in [-0.1, -0.05) is 18.2 Å². The Morgan fingerprint density at radius 2 is 2.11 bits per heavy atom. The lowest BCUT2D eigenvalue weighted by Gasteiger charge is -2.26. The number of hydrogen-bond donors (Lipinski definition) is 3. The summed E-state index contributed by atoms with van der Waals surface area (Å²) >= 11 is 1.37. The zero-order valence-electron chi connectivity index (χ0n) is 19.9. The van der Waals surface area contributed by atoms with Crippen LogP contribution in [0.2, 0.25) is 0 Å². The maximum absolute atomic E-state index is 13.6. The summed E-state index contributed by atoms with van der Waals surface area (Å²) in [7, 11) is -4.10. The van der Waals surface area contributed by atoms with Gasteiger partial charge < -0.3 is 19.9 Å². The normalized spacial score (nSPS) is 23.3. The van der Waals surface area contributed by atoms with Gasteiger partial charge in [-0.15, -0.1) is 11.3 Å². The molecule has 3 aromatic rings. The van der Waals surface area contributed by atoms with Gasteiger partial charge >= 0.3 is 10.3 Å². The van der Waals surface area contributed by atoms with Gasteiger partial charge in [0.15, 0.2) is 6.79 Å². The van der Waals surface area contributed by atoms with Crippen molar-refractivity contribution in [3.63, 3.8) is 0 Å². The minimum atomic E-state index is -4.10. The predicted molar refractivity (Wildman–Crippen MR) is 135 cm³/mol. The SMILES string of the molecule is Cc1sc(C(=O)c2cncnc2N[C@@H]2C[C@H](COS(N)(=O)=O)[C@@H](O)C2)cc1[C@H]1OCOc2ccccc21. The molecule has 1 aliphatic heterocycles. The molecule has 3 heterocycles. The van der Waals surface area contributed by atoms with Crippen molar-refractivity contribution in [2.75, 3.05) is 18.7 Å². The van der Waals surface area contributed by atoms with Crippen LogP contribution in [0.25, 0.3) is 0 Å². The van der Waals surface area contributed by atoms with Gasteiger partial charge in [-0.3, -0.25) is 8.98 Å². The molecule has 13 heteroatoms. The maximum atomic E-state index is 13.6. The van der Waals surface area contributed by atoms with Crippen LogP contribution in [0, 0.1) is 12.8 Å². The Morgan fingerprint density at radius 3 is 2.92 bits per heavy atom. The Hall–Kier alpha value is -2.94. The number of benzene rings is 1. The summed E-state index contributed by atoms with van der Waals surface area (Å²) in [6, 6.07) is 9.25. The molecule has 0 saturated heterocycles. The second-order valence-electron chi connectivity index (χ2n) is 9.00. The molecule has 2 aliphatic rings. The summed E-state index contributed by atoms with van der Waals surface area (Å²) in [6.07, 6.45) is 2.41. The van der Waals surface area contributed by atoms with E-state index in [1.165, 1.54) is 23.9 Å². The summed E-state index contributed by atoms with van der Waals surface area (Å²) in [5.41, 5.74) is 2.09. The number of rotatable bonds is 8. The zero-order valence-corrected chi connectivity index (χ0v) is 21.5. The Kier molecular flexibility index (Phi) is 7.25. The zero-order chi connectivity index (χ0) is 26.2. The van der Waals surface area contributed by atoms with Gasteiger partial charge in [0.25, 0.3) is 0 Å². The van der Waals surface area contributed by atoms with E-state index in [1.807, 2.05) is 37.3 Å². The molecular weight excluding hydrogens is 520 g/mol. The molecule has 1 aliphatic carbocycles. The number of thiophene rings is 1. The number of carbonyl (C=O) groups is 1. The van der Waals surface area contributed by atoms with Crippen LogP contribution >= 0.6 is 11.3 Å². The van der Waals surface area contributed by atoms with Gasteiger partial charge in [0.2, 0.25) is 5.78 Å². The summed E-state index contributed by atoms with van der Waals surface area (Å²) < 4.78 is 38.3. The number of para-hydroxylation sites is 1. The second kappa shape index (κ2) is 10.4. The molecule has 0 bridgehead atoms. The van der Waals surface area contributed by atoms with Crippen LogP contribution in [0.1, 0.15) is 50.2 Å². The highest BCUT2D eigenvalue weighted by atomic mass is 32.2. The number of nitrogens with two attached hydrogens (primary N) is 1. The fourth-order valence-corrected chi connectivity index (χ4v) is 6.10. The van der Waals surface area contributed by atoms with Crippen molar-refractivity contribution in [2.45, 2.75) is 38.0 Å². The maximum Gasteiger partial charge on any atom is 0.333 e. The lowest BCUT2D eigenvalue weighted by atomic mass is 9.99. The Balaban J connectivity index is 1.34. The quantitative estimate of drug-likeness (QED) is 0.357. The second-order valence-corrected chi connectivity index (χ2v) is 11.5. The average Bonchev–Trinajstić information content (AvgIpc) is 3.43. The van der Waals surface area contributed by atoms with E-state index >= 15 is 0 Å². The van der Waals surface area contributed by atoms with Crippen molar-refractivity contribution in [3.8, 4) is 5.75 Å². The molecule has 1 saturated carbocycles. The molecule has 5 rings (SSSR count). The Bertz CT molecular complexity index is 1410. The molecule has 37 heavy (non-hydrogen) atoms. The third-order valence-corrected chi connectivity index (χ3v) is 8.04. The number of anilines is 1. The summed E-state index contributed by atoms with van der Waals surface area (Å²) in [6.45, 7) is 1.85.